The number of methoxy groups -OCH3 is 1. The summed E-state index contributed by atoms with van der Waals surface area (Å²) in [5, 5.41) is 7.04. The number of para-hydroxylation sites is 1. The van der Waals surface area contributed by atoms with Crippen molar-refractivity contribution < 1.29 is 22.7 Å². The molecule has 0 radical (unpaired) electrons. The van der Waals surface area contributed by atoms with Crippen LogP contribution in [0.2, 0.25) is 0 Å². The Balaban J connectivity index is 3.08. The van der Waals surface area contributed by atoms with Crippen molar-refractivity contribution in [3.8, 4) is 0 Å². The Labute approximate surface area is 97.6 Å². The van der Waals surface area contributed by atoms with E-state index in [1.807, 2.05) is 0 Å². The number of rotatable bonds is 2. The monoisotopic (exact) mass is 258 g/mol. The van der Waals surface area contributed by atoms with Gasteiger partial charge in [0.2, 0.25) is 10.0 Å². The molecule has 1 rings (SSSR count). The number of amides is 1. The number of esters is 1. The molecule has 0 saturated heterocycles. The Hall–Kier alpha value is -1.93. The van der Waals surface area contributed by atoms with E-state index in [0.717, 1.165) is 7.11 Å². The zero-order valence-corrected chi connectivity index (χ0v) is 9.65. The number of anilines is 1. The minimum atomic E-state index is -3.98. The summed E-state index contributed by atoms with van der Waals surface area (Å²) in [5.74, 6) is -2.21. The van der Waals surface area contributed by atoms with Gasteiger partial charge in [0.1, 0.15) is 4.90 Å². The van der Waals surface area contributed by atoms with E-state index in [1.54, 1.807) is 0 Å². The Morgan fingerprint density at radius 3 is 2.41 bits per heavy atom. The number of benzene rings is 1. The van der Waals surface area contributed by atoms with Crippen LogP contribution in [0.4, 0.5) is 5.69 Å². The minimum Gasteiger partial charge on any atom is -0.462 e. The van der Waals surface area contributed by atoms with Gasteiger partial charge in [0, 0.05) is 0 Å². The van der Waals surface area contributed by atoms with E-state index in [2.05, 4.69) is 10.1 Å². The van der Waals surface area contributed by atoms with Crippen molar-refractivity contribution in [2.24, 2.45) is 5.14 Å². The topological polar surface area (TPSA) is 116 Å². The van der Waals surface area contributed by atoms with Crippen LogP contribution in [0, 0.1) is 0 Å². The second-order valence-corrected chi connectivity index (χ2v) is 4.52. The largest absolute Gasteiger partial charge is 0.462 e. The molecule has 0 spiro atoms. The molecule has 0 aliphatic heterocycles. The molecule has 0 aliphatic rings. The van der Waals surface area contributed by atoms with E-state index in [1.165, 1.54) is 24.3 Å². The van der Waals surface area contributed by atoms with Crippen LogP contribution in [0.25, 0.3) is 0 Å². The average Bonchev–Trinajstić information content (AvgIpc) is 2.27. The summed E-state index contributed by atoms with van der Waals surface area (Å²) in [5.41, 5.74) is -0.0783. The van der Waals surface area contributed by atoms with Crippen LogP contribution in [-0.2, 0) is 24.3 Å². The molecule has 7 nitrogen and oxygen atoms in total. The van der Waals surface area contributed by atoms with Crippen molar-refractivity contribution >= 4 is 27.6 Å². The van der Waals surface area contributed by atoms with Gasteiger partial charge in [-0.25, -0.2) is 18.4 Å². The van der Waals surface area contributed by atoms with Gasteiger partial charge >= 0.3 is 11.9 Å². The highest BCUT2D eigenvalue weighted by atomic mass is 32.2. The molecule has 1 aromatic rings. The molecular formula is C9H10N2O5S. The first-order valence-electron chi connectivity index (χ1n) is 4.37. The molecule has 1 amide bonds. The van der Waals surface area contributed by atoms with Gasteiger partial charge < -0.3 is 10.1 Å². The molecule has 0 unspecified atom stereocenters. The number of carbonyl (C=O) groups excluding carboxylic acids is 2. The smallest absolute Gasteiger partial charge is 0.396 e. The highest BCUT2D eigenvalue weighted by Gasteiger charge is 2.19. The van der Waals surface area contributed by atoms with Crippen LogP contribution in [0.15, 0.2) is 29.2 Å². The molecule has 3 N–H and O–H groups in total. The van der Waals surface area contributed by atoms with Crippen molar-refractivity contribution in [3.05, 3.63) is 24.3 Å². The summed E-state index contributed by atoms with van der Waals surface area (Å²) in [6, 6.07) is 5.44. The van der Waals surface area contributed by atoms with Crippen molar-refractivity contribution in [1.29, 1.82) is 0 Å². The summed E-state index contributed by atoms with van der Waals surface area (Å²) < 4.78 is 26.5. The molecule has 8 heteroatoms. The quantitative estimate of drug-likeness (QED) is 0.545. The molecule has 0 atom stereocenters. The van der Waals surface area contributed by atoms with Gasteiger partial charge in [0.05, 0.1) is 12.8 Å². The van der Waals surface area contributed by atoms with E-state index in [-0.39, 0.29) is 10.6 Å². The number of sulfonamides is 1. The van der Waals surface area contributed by atoms with Gasteiger partial charge in [-0.1, -0.05) is 12.1 Å². The molecule has 0 saturated carbocycles. The van der Waals surface area contributed by atoms with Crippen LogP contribution in [-0.4, -0.2) is 27.4 Å². The van der Waals surface area contributed by atoms with E-state index >= 15 is 0 Å². The number of nitrogens with one attached hydrogen (secondary N) is 1. The number of hydrogen-bond acceptors (Lipinski definition) is 5. The molecule has 0 bridgehead atoms. The molecule has 1 aromatic carbocycles. The lowest BCUT2D eigenvalue weighted by Crippen LogP contribution is -2.25. The second-order valence-electron chi connectivity index (χ2n) is 2.99. The Bertz CT molecular complexity index is 552. The summed E-state index contributed by atoms with van der Waals surface area (Å²) >= 11 is 0. The minimum absolute atomic E-state index is 0.0783. The number of nitrogens with two attached hydrogens (primary N) is 1. The van der Waals surface area contributed by atoms with Crippen LogP contribution in [0.1, 0.15) is 0 Å². The lowest BCUT2D eigenvalue weighted by Gasteiger charge is -2.07. The zero-order valence-electron chi connectivity index (χ0n) is 8.84. The van der Waals surface area contributed by atoms with E-state index in [0.29, 0.717) is 0 Å². The highest BCUT2D eigenvalue weighted by molar-refractivity contribution is 7.89. The molecule has 0 heterocycles. The van der Waals surface area contributed by atoms with Gasteiger partial charge in [-0.05, 0) is 12.1 Å². The maximum atomic E-state index is 11.2. The van der Waals surface area contributed by atoms with Crippen molar-refractivity contribution in [2.45, 2.75) is 4.90 Å². The molecule has 17 heavy (non-hydrogen) atoms. The first kappa shape index (κ1) is 13.1. The van der Waals surface area contributed by atoms with Crippen LogP contribution in [0.3, 0.4) is 0 Å². The number of primary sulfonamides is 1. The van der Waals surface area contributed by atoms with Crippen LogP contribution < -0.4 is 10.5 Å². The average molecular weight is 258 g/mol. The van der Waals surface area contributed by atoms with E-state index in [4.69, 9.17) is 5.14 Å². The molecule has 0 fully saturated rings. The van der Waals surface area contributed by atoms with Crippen molar-refractivity contribution in [1.82, 2.24) is 0 Å². The maximum absolute atomic E-state index is 11.2. The molecule has 92 valence electrons. The fourth-order valence-electron chi connectivity index (χ4n) is 1.08. The number of hydrogen-bond donors (Lipinski definition) is 2. The first-order valence-corrected chi connectivity index (χ1v) is 5.92. The summed E-state index contributed by atoms with van der Waals surface area (Å²) in [4.78, 5) is 21.8. The predicted molar refractivity (Wildman–Crippen MR) is 58.5 cm³/mol. The highest BCUT2D eigenvalue weighted by Crippen LogP contribution is 2.18. The van der Waals surface area contributed by atoms with Gasteiger partial charge in [0.25, 0.3) is 0 Å². The molecular weight excluding hydrogens is 248 g/mol. The Morgan fingerprint density at radius 2 is 1.88 bits per heavy atom. The van der Waals surface area contributed by atoms with Gasteiger partial charge in [0.15, 0.2) is 0 Å². The lowest BCUT2D eigenvalue weighted by molar-refractivity contribution is -0.150. The van der Waals surface area contributed by atoms with Gasteiger partial charge in [-0.3, -0.25) is 4.79 Å². The number of carbonyl (C=O) groups is 2. The zero-order chi connectivity index (χ0) is 13.1. The van der Waals surface area contributed by atoms with E-state index in [9.17, 15) is 18.0 Å². The fourth-order valence-corrected chi connectivity index (χ4v) is 1.78. The SMILES string of the molecule is COC(=O)C(=O)Nc1ccccc1S(N)(=O)=O. The third kappa shape index (κ3) is 3.26. The first-order chi connectivity index (χ1) is 7.86. The summed E-state index contributed by atoms with van der Waals surface area (Å²) in [6.45, 7) is 0. The van der Waals surface area contributed by atoms with Crippen molar-refractivity contribution in [3.63, 3.8) is 0 Å². The maximum Gasteiger partial charge on any atom is 0.396 e. The number of ether oxygens (including phenoxy) is 1. The molecule has 0 aliphatic carbocycles. The Kier molecular flexibility index (Phi) is 3.81. The summed E-state index contributed by atoms with van der Waals surface area (Å²) in [7, 11) is -2.94. The normalized spacial score (nSPS) is 10.7. The third-order valence-corrected chi connectivity index (χ3v) is 2.78. The van der Waals surface area contributed by atoms with Gasteiger partial charge in [-0.15, -0.1) is 0 Å². The fraction of sp³-hybridized carbons (Fsp3) is 0.111. The Morgan fingerprint density at radius 1 is 1.29 bits per heavy atom. The predicted octanol–water partition coefficient (Wildman–Crippen LogP) is -0.555. The molecule has 0 aromatic heterocycles. The van der Waals surface area contributed by atoms with Crippen LogP contribution >= 0.6 is 0 Å². The van der Waals surface area contributed by atoms with Gasteiger partial charge in [-0.2, -0.15) is 0 Å². The standard InChI is InChI=1S/C9H10N2O5S/c1-16-9(13)8(12)11-6-4-2-3-5-7(6)17(10,14)15/h2-5H,1H3,(H,11,12)(H2,10,14,15). The van der Waals surface area contributed by atoms with Crippen molar-refractivity contribution in [2.75, 3.05) is 12.4 Å². The second kappa shape index (κ2) is 4.93. The summed E-state index contributed by atoms with van der Waals surface area (Å²) in [6.07, 6.45) is 0. The third-order valence-electron chi connectivity index (χ3n) is 1.81. The lowest BCUT2D eigenvalue weighted by atomic mass is 10.3. The van der Waals surface area contributed by atoms with E-state index < -0.39 is 21.9 Å². The van der Waals surface area contributed by atoms with Crippen LogP contribution in [0.5, 0.6) is 0 Å².